The predicted molar refractivity (Wildman–Crippen MR) is 84.5 cm³/mol. The highest BCUT2D eigenvalue weighted by atomic mass is 16.5. The first-order valence-corrected chi connectivity index (χ1v) is 8.53. The topological polar surface area (TPSA) is 53.1 Å². The van der Waals surface area contributed by atoms with Crippen LogP contribution < -0.4 is 0 Å². The molecule has 0 aromatic heterocycles. The lowest BCUT2D eigenvalue weighted by atomic mass is 9.97. The van der Waals surface area contributed by atoms with Crippen LogP contribution in [0.1, 0.15) is 26.7 Å². The van der Waals surface area contributed by atoms with E-state index in [-0.39, 0.29) is 17.8 Å². The Bertz CT molecular complexity index is 373. The average Bonchev–Trinajstić information content (AvgIpc) is 2.56. The molecule has 0 saturated carbocycles. The fraction of sp³-hybridized carbons (Fsp3) is 0.875. The van der Waals surface area contributed by atoms with Crippen molar-refractivity contribution in [3.8, 4) is 0 Å². The number of carbonyl (C=O) groups excluding carboxylic acids is 2. The smallest absolute Gasteiger partial charge is 0.309 e. The maximum absolute atomic E-state index is 12.4. The first-order chi connectivity index (χ1) is 10.6. The summed E-state index contributed by atoms with van der Waals surface area (Å²) < 4.78 is 5.06. The number of piperidine rings is 1. The van der Waals surface area contributed by atoms with Gasteiger partial charge in [0.25, 0.3) is 0 Å². The number of esters is 1. The third kappa shape index (κ3) is 4.68. The van der Waals surface area contributed by atoms with Gasteiger partial charge in [0, 0.05) is 39.3 Å². The van der Waals surface area contributed by atoms with E-state index in [4.69, 9.17) is 4.74 Å². The monoisotopic (exact) mass is 311 g/mol. The largest absolute Gasteiger partial charge is 0.466 e. The summed E-state index contributed by atoms with van der Waals surface area (Å²) in [5.74, 6) is 0.0645. The zero-order valence-corrected chi connectivity index (χ0v) is 13.9. The molecule has 2 rings (SSSR count). The van der Waals surface area contributed by atoms with Gasteiger partial charge >= 0.3 is 5.97 Å². The van der Waals surface area contributed by atoms with Gasteiger partial charge in [0.2, 0.25) is 5.91 Å². The van der Waals surface area contributed by atoms with Crippen LogP contribution in [0.15, 0.2) is 0 Å². The molecule has 0 bridgehead atoms. The van der Waals surface area contributed by atoms with Crippen LogP contribution in [0.25, 0.3) is 0 Å². The van der Waals surface area contributed by atoms with Crippen LogP contribution >= 0.6 is 0 Å². The molecular weight excluding hydrogens is 282 g/mol. The van der Waals surface area contributed by atoms with E-state index in [1.807, 2.05) is 11.8 Å². The molecular formula is C16H29N3O3. The van der Waals surface area contributed by atoms with Gasteiger partial charge in [-0.2, -0.15) is 0 Å². The molecule has 0 aromatic rings. The van der Waals surface area contributed by atoms with Crippen molar-refractivity contribution in [3.63, 3.8) is 0 Å². The van der Waals surface area contributed by atoms with Crippen LogP contribution in [0.4, 0.5) is 0 Å². The van der Waals surface area contributed by atoms with Crippen LogP contribution in [0, 0.1) is 5.92 Å². The summed E-state index contributed by atoms with van der Waals surface area (Å²) in [5, 5.41) is 0. The predicted octanol–water partition coefficient (Wildman–Crippen LogP) is 0.426. The molecule has 2 aliphatic rings. The standard InChI is InChI=1S/C16H29N3O3/c1-3-17-9-11-18(12-10-17)13-15(20)19-7-5-14(6-8-19)16(21)22-4-2/h14H,3-13H2,1-2H3. The Balaban J connectivity index is 1.70. The second kappa shape index (κ2) is 8.48. The summed E-state index contributed by atoms with van der Waals surface area (Å²) >= 11 is 0. The minimum Gasteiger partial charge on any atom is -0.466 e. The zero-order chi connectivity index (χ0) is 15.9. The summed E-state index contributed by atoms with van der Waals surface area (Å²) in [4.78, 5) is 30.6. The second-order valence-electron chi connectivity index (χ2n) is 6.12. The van der Waals surface area contributed by atoms with Crippen molar-refractivity contribution >= 4 is 11.9 Å². The van der Waals surface area contributed by atoms with E-state index in [0.717, 1.165) is 45.6 Å². The average molecular weight is 311 g/mol. The van der Waals surface area contributed by atoms with Gasteiger partial charge in [-0.3, -0.25) is 14.5 Å². The molecule has 2 saturated heterocycles. The Morgan fingerprint density at radius 1 is 0.955 bits per heavy atom. The Hall–Kier alpha value is -1.14. The molecule has 0 N–H and O–H groups in total. The van der Waals surface area contributed by atoms with E-state index in [0.29, 0.717) is 26.2 Å². The number of ether oxygens (including phenoxy) is 1. The van der Waals surface area contributed by atoms with E-state index in [1.165, 1.54) is 0 Å². The zero-order valence-electron chi connectivity index (χ0n) is 13.9. The maximum atomic E-state index is 12.4. The van der Waals surface area contributed by atoms with Crippen LogP contribution in [0.5, 0.6) is 0 Å². The number of likely N-dealkylation sites (tertiary alicyclic amines) is 1. The first-order valence-electron chi connectivity index (χ1n) is 8.53. The Labute approximate surface area is 133 Å². The van der Waals surface area contributed by atoms with Crippen LogP contribution in [-0.4, -0.2) is 85.5 Å². The molecule has 6 heteroatoms. The second-order valence-corrected chi connectivity index (χ2v) is 6.12. The van der Waals surface area contributed by atoms with Gasteiger partial charge in [-0.05, 0) is 26.3 Å². The molecule has 1 amide bonds. The highest BCUT2D eigenvalue weighted by Crippen LogP contribution is 2.19. The molecule has 2 heterocycles. The molecule has 6 nitrogen and oxygen atoms in total. The molecule has 2 aliphatic heterocycles. The molecule has 2 fully saturated rings. The summed E-state index contributed by atoms with van der Waals surface area (Å²) in [6.07, 6.45) is 1.46. The normalized spacial score (nSPS) is 21.8. The number of amides is 1. The van der Waals surface area contributed by atoms with Crippen molar-refractivity contribution < 1.29 is 14.3 Å². The van der Waals surface area contributed by atoms with E-state index >= 15 is 0 Å². The fourth-order valence-electron chi connectivity index (χ4n) is 3.18. The van der Waals surface area contributed by atoms with Gasteiger partial charge in [0.15, 0.2) is 0 Å². The maximum Gasteiger partial charge on any atom is 0.309 e. The lowest BCUT2D eigenvalue weighted by Gasteiger charge is -2.36. The molecule has 126 valence electrons. The molecule has 22 heavy (non-hydrogen) atoms. The van der Waals surface area contributed by atoms with E-state index in [9.17, 15) is 9.59 Å². The van der Waals surface area contributed by atoms with Gasteiger partial charge in [0.05, 0.1) is 19.1 Å². The van der Waals surface area contributed by atoms with Crippen molar-refractivity contribution in [2.24, 2.45) is 5.92 Å². The summed E-state index contributed by atoms with van der Waals surface area (Å²) in [5.41, 5.74) is 0. The Kier molecular flexibility index (Phi) is 6.64. The minimum atomic E-state index is -0.106. The number of piperazine rings is 1. The summed E-state index contributed by atoms with van der Waals surface area (Å²) in [6, 6.07) is 0. The molecule has 0 aromatic carbocycles. The van der Waals surface area contributed by atoms with Crippen LogP contribution in [0.2, 0.25) is 0 Å². The van der Waals surface area contributed by atoms with Gasteiger partial charge in [-0.25, -0.2) is 0 Å². The van der Waals surface area contributed by atoms with Crippen molar-refractivity contribution in [1.29, 1.82) is 0 Å². The number of likely N-dealkylation sites (N-methyl/N-ethyl adjacent to an activating group) is 1. The lowest BCUT2D eigenvalue weighted by molar-refractivity contribution is -0.151. The van der Waals surface area contributed by atoms with Gasteiger partial charge < -0.3 is 14.5 Å². The number of nitrogens with zero attached hydrogens (tertiary/aromatic N) is 3. The van der Waals surface area contributed by atoms with Crippen molar-refractivity contribution in [3.05, 3.63) is 0 Å². The quantitative estimate of drug-likeness (QED) is 0.689. The van der Waals surface area contributed by atoms with Gasteiger partial charge in [-0.15, -0.1) is 0 Å². The Morgan fingerprint density at radius 3 is 2.09 bits per heavy atom. The molecule has 0 spiro atoms. The lowest BCUT2D eigenvalue weighted by Crippen LogP contribution is -2.51. The minimum absolute atomic E-state index is 0.0305. The number of hydrogen-bond donors (Lipinski definition) is 0. The van der Waals surface area contributed by atoms with E-state index in [1.54, 1.807) is 0 Å². The molecule has 0 radical (unpaired) electrons. The molecule has 0 unspecified atom stereocenters. The third-order valence-corrected chi connectivity index (χ3v) is 4.74. The summed E-state index contributed by atoms with van der Waals surface area (Å²) in [7, 11) is 0. The van der Waals surface area contributed by atoms with Crippen molar-refractivity contribution in [1.82, 2.24) is 14.7 Å². The molecule has 0 aliphatic carbocycles. The number of hydrogen-bond acceptors (Lipinski definition) is 5. The van der Waals surface area contributed by atoms with E-state index < -0.39 is 0 Å². The van der Waals surface area contributed by atoms with Gasteiger partial charge in [0.1, 0.15) is 0 Å². The van der Waals surface area contributed by atoms with Gasteiger partial charge in [-0.1, -0.05) is 6.92 Å². The molecule has 0 atom stereocenters. The van der Waals surface area contributed by atoms with Crippen molar-refractivity contribution in [2.45, 2.75) is 26.7 Å². The summed E-state index contributed by atoms with van der Waals surface area (Å²) in [6.45, 7) is 11.4. The van der Waals surface area contributed by atoms with E-state index in [2.05, 4.69) is 16.7 Å². The SMILES string of the molecule is CCOC(=O)C1CCN(C(=O)CN2CCN(CC)CC2)CC1. The fourth-order valence-corrected chi connectivity index (χ4v) is 3.18. The van der Waals surface area contributed by atoms with Crippen LogP contribution in [-0.2, 0) is 14.3 Å². The third-order valence-electron chi connectivity index (χ3n) is 4.74. The number of carbonyl (C=O) groups is 2. The highest BCUT2D eigenvalue weighted by Gasteiger charge is 2.29. The highest BCUT2D eigenvalue weighted by molar-refractivity contribution is 5.79. The number of rotatable bonds is 5. The van der Waals surface area contributed by atoms with Crippen molar-refractivity contribution in [2.75, 3.05) is 59.0 Å². The first kappa shape index (κ1) is 17.2. The van der Waals surface area contributed by atoms with Crippen LogP contribution in [0.3, 0.4) is 0 Å². The Morgan fingerprint density at radius 2 is 1.55 bits per heavy atom.